The van der Waals surface area contributed by atoms with E-state index in [1.165, 1.54) is 38.8 Å². The standard InChI is InChI=1S/C55H37NO2/c1-55(2)48-18-7-5-14-46(48)52-40(15-10-19-49(52)55)35-21-26-37(27-22-35)56(39-30-32-51-47(33-39)43-13-6-8-20-50(43)57-51)38-28-23-36(24-29-38)42-16-9-17-44-45-31-25-34-11-3-4-12-41(34)54(45)58-53(42)44/h3-33H,1-2H3. The summed E-state index contributed by atoms with van der Waals surface area (Å²) in [5.74, 6) is 0. The number of fused-ring (bicyclic) bond motifs is 11. The van der Waals surface area contributed by atoms with Crippen LogP contribution in [0.5, 0.6) is 0 Å². The summed E-state index contributed by atoms with van der Waals surface area (Å²) in [6, 6.07) is 67.7. The van der Waals surface area contributed by atoms with Crippen molar-refractivity contribution < 1.29 is 8.83 Å². The maximum atomic E-state index is 6.72. The van der Waals surface area contributed by atoms with Gasteiger partial charge < -0.3 is 13.7 Å². The van der Waals surface area contributed by atoms with E-state index in [2.05, 4.69) is 195 Å². The first-order valence-corrected chi connectivity index (χ1v) is 20.0. The highest BCUT2D eigenvalue weighted by molar-refractivity contribution is 6.17. The summed E-state index contributed by atoms with van der Waals surface area (Å²) in [7, 11) is 0. The molecule has 0 spiro atoms. The minimum atomic E-state index is -0.0505. The maximum Gasteiger partial charge on any atom is 0.143 e. The van der Waals surface area contributed by atoms with E-state index in [-0.39, 0.29) is 5.41 Å². The molecule has 11 aromatic rings. The minimum absolute atomic E-state index is 0.0505. The molecule has 0 aliphatic heterocycles. The van der Waals surface area contributed by atoms with Gasteiger partial charge in [-0.3, -0.25) is 0 Å². The Hall–Kier alpha value is -7.36. The molecule has 0 saturated carbocycles. The first kappa shape index (κ1) is 32.8. The zero-order valence-electron chi connectivity index (χ0n) is 32.2. The van der Waals surface area contributed by atoms with Gasteiger partial charge in [-0.15, -0.1) is 0 Å². The molecule has 0 bridgehead atoms. The van der Waals surface area contributed by atoms with E-state index >= 15 is 0 Å². The molecule has 9 aromatic carbocycles. The van der Waals surface area contributed by atoms with E-state index < -0.39 is 0 Å². The zero-order valence-corrected chi connectivity index (χ0v) is 32.2. The summed E-state index contributed by atoms with van der Waals surface area (Å²) < 4.78 is 13.0. The SMILES string of the molecule is CC1(C)c2ccccc2-c2c(-c3ccc(N(c4ccc(-c5cccc6c5oc5c7ccccc7ccc65)cc4)c4ccc5oc6ccccc6c5c4)cc3)cccc21. The van der Waals surface area contributed by atoms with Crippen molar-refractivity contribution >= 4 is 71.7 Å². The van der Waals surface area contributed by atoms with Crippen LogP contribution in [0.1, 0.15) is 25.0 Å². The molecule has 58 heavy (non-hydrogen) atoms. The van der Waals surface area contributed by atoms with Gasteiger partial charge in [0, 0.05) is 55.0 Å². The Bertz CT molecular complexity index is 3420. The zero-order chi connectivity index (χ0) is 38.5. The Labute approximate surface area is 336 Å². The summed E-state index contributed by atoms with van der Waals surface area (Å²) in [6.07, 6.45) is 0. The molecular weight excluding hydrogens is 707 g/mol. The average Bonchev–Trinajstić information content (AvgIpc) is 3.92. The van der Waals surface area contributed by atoms with E-state index in [9.17, 15) is 0 Å². The van der Waals surface area contributed by atoms with Crippen LogP contribution in [0, 0.1) is 0 Å². The van der Waals surface area contributed by atoms with E-state index in [1.54, 1.807) is 0 Å². The van der Waals surface area contributed by atoms with Crippen LogP contribution in [0.25, 0.3) is 88.0 Å². The number of rotatable bonds is 5. The monoisotopic (exact) mass is 743 g/mol. The molecule has 12 rings (SSSR count). The molecule has 3 heteroatoms. The van der Waals surface area contributed by atoms with E-state index in [0.717, 1.165) is 77.5 Å². The van der Waals surface area contributed by atoms with Gasteiger partial charge in [-0.25, -0.2) is 0 Å². The molecule has 0 atom stereocenters. The maximum absolute atomic E-state index is 6.72. The summed E-state index contributed by atoms with van der Waals surface area (Å²) in [5.41, 5.74) is 16.8. The Morgan fingerprint density at radius 1 is 0.379 bits per heavy atom. The largest absolute Gasteiger partial charge is 0.456 e. The van der Waals surface area contributed by atoms with Crippen LogP contribution in [-0.4, -0.2) is 0 Å². The fraction of sp³-hybridized carbons (Fsp3) is 0.0545. The number of anilines is 3. The van der Waals surface area contributed by atoms with Crippen LogP contribution in [0.2, 0.25) is 0 Å². The predicted octanol–water partition coefficient (Wildman–Crippen LogP) is 15.7. The van der Waals surface area contributed by atoms with Gasteiger partial charge >= 0.3 is 0 Å². The summed E-state index contributed by atoms with van der Waals surface area (Å²) >= 11 is 0. The van der Waals surface area contributed by atoms with Crippen molar-refractivity contribution in [2.45, 2.75) is 19.3 Å². The van der Waals surface area contributed by atoms with Crippen molar-refractivity contribution in [2.24, 2.45) is 0 Å². The number of hydrogen-bond donors (Lipinski definition) is 0. The Kier molecular flexibility index (Phi) is 6.98. The highest BCUT2D eigenvalue weighted by Crippen LogP contribution is 2.52. The Morgan fingerprint density at radius 3 is 1.79 bits per heavy atom. The molecule has 2 aromatic heterocycles. The first-order valence-electron chi connectivity index (χ1n) is 20.0. The second kappa shape index (κ2) is 12.3. The van der Waals surface area contributed by atoms with Gasteiger partial charge in [0.15, 0.2) is 0 Å². The predicted molar refractivity (Wildman–Crippen MR) is 242 cm³/mol. The molecule has 0 unspecified atom stereocenters. The lowest BCUT2D eigenvalue weighted by molar-refractivity contribution is 0.660. The van der Waals surface area contributed by atoms with Gasteiger partial charge in [-0.05, 0) is 98.9 Å². The first-order chi connectivity index (χ1) is 28.5. The number of furan rings is 2. The van der Waals surface area contributed by atoms with Crippen LogP contribution >= 0.6 is 0 Å². The summed E-state index contributed by atoms with van der Waals surface area (Å²) in [4.78, 5) is 2.34. The number of benzene rings is 9. The smallest absolute Gasteiger partial charge is 0.143 e. The third-order valence-electron chi connectivity index (χ3n) is 12.5. The van der Waals surface area contributed by atoms with Crippen LogP contribution in [0.4, 0.5) is 17.1 Å². The topological polar surface area (TPSA) is 29.5 Å². The molecule has 0 radical (unpaired) electrons. The van der Waals surface area contributed by atoms with Gasteiger partial charge in [0.2, 0.25) is 0 Å². The highest BCUT2D eigenvalue weighted by Gasteiger charge is 2.36. The molecule has 0 amide bonds. The molecular formula is C55H37NO2. The Morgan fingerprint density at radius 2 is 0.966 bits per heavy atom. The molecule has 0 fully saturated rings. The van der Waals surface area contributed by atoms with Crippen molar-refractivity contribution in [2.75, 3.05) is 4.90 Å². The lowest BCUT2D eigenvalue weighted by Crippen LogP contribution is -2.14. The van der Waals surface area contributed by atoms with Crippen LogP contribution in [0.3, 0.4) is 0 Å². The molecule has 0 saturated heterocycles. The van der Waals surface area contributed by atoms with Crippen molar-refractivity contribution in [1.82, 2.24) is 0 Å². The second-order valence-corrected chi connectivity index (χ2v) is 16.1. The molecule has 274 valence electrons. The third kappa shape index (κ3) is 4.80. The van der Waals surface area contributed by atoms with Gasteiger partial charge in [0.1, 0.15) is 22.3 Å². The number of nitrogens with zero attached hydrogens (tertiary/aromatic N) is 1. The second-order valence-electron chi connectivity index (χ2n) is 16.1. The Balaban J connectivity index is 0.984. The lowest BCUT2D eigenvalue weighted by atomic mass is 9.82. The number of para-hydroxylation sites is 2. The summed E-state index contributed by atoms with van der Waals surface area (Å²) in [6.45, 7) is 4.68. The molecule has 1 aliphatic carbocycles. The van der Waals surface area contributed by atoms with E-state index in [4.69, 9.17) is 8.83 Å². The molecule has 2 heterocycles. The third-order valence-corrected chi connectivity index (χ3v) is 12.5. The van der Waals surface area contributed by atoms with Crippen molar-refractivity contribution in [3.05, 3.63) is 199 Å². The molecule has 1 aliphatic rings. The summed E-state index contributed by atoms with van der Waals surface area (Å²) in [5, 5.41) is 6.77. The van der Waals surface area contributed by atoms with Gasteiger partial charge in [0.05, 0.1) is 0 Å². The molecule has 3 nitrogen and oxygen atoms in total. The van der Waals surface area contributed by atoms with Crippen molar-refractivity contribution in [3.63, 3.8) is 0 Å². The van der Waals surface area contributed by atoms with Crippen molar-refractivity contribution in [3.8, 4) is 33.4 Å². The fourth-order valence-corrected chi connectivity index (χ4v) is 9.63. The average molecular weight is 744 g/mol. The fourth-order valence-electron chi connectivity index (χ4n) is 9.63. The van der Waals surface area contributed by atoms with Crippen LogP contribution in [-0.2, 0) is 5.41 Å². The minimum Gasteiger partial charge on any atom is -0.456 e. The lowest BCUT2D eigenvalue weighted by Gasteiger charge is -2.26. The van der Waals surface area contributed by atoms with E-state index in [0.29, 0.717) is 0 Å². The van der Waals surface area contributed by atoms with Crippen LogP contribution in [0.15, 0.2) is 197 Å². The van der Waals surface area contributed by atoms with Crippen molar-refractivity contribution in [1.29, 1.82) is 0 Å². The van der Waals surface area contributed by atoms with Crippen LogP contribution < -0.4 is 4.90 Å². The van der Waals surface area contributed by atoms with Gasteiger partial charge in [-0.2, -0.15) is 0 Å². The van der Waals surface area contributed by atoms with Gasteiger partial charge in [0.25, 0.3) is 0 Å². The molecule has 0 N–H and O–H groups in total. The normalized spacial score (nSPS) is 13.1. The highest BCUT2D eigenvalue weighted by atomic mass is 16.3. The van der Waals surface area contributed by atoms with Gasteiger partial charge in [-0.1, -0.05) is 147 Å². The van der Waals surface area contributed by atoms with E-state index in [1.807, 2.05) is 12.1 Å². The number of hydrogen-bond acceptors (Lipinski definition) is 3. The quantitative estimate of drug-likeness (QED) is 0.176.